The minimum absolute atomic E-state index is 0.0567. The van der Waals surface area contributed by atoms with Gasteiger partial charge < -0.3 is 33.9 Å². The van der Waals surface area contributed by atoms with E-state index in [-0.39, 0.29) is 36.9 Å². The summed E-state index contributed by atoms with van der Waals surface area (Å²) in [5, 5.41) is 10.2. The lowest BCUT2D eigenvalue weighted by Gasteiger charge is -2.38. The smallest absolute Gasteiger partial charge is 0.410 e. The van der Waals surface area contributed by atoms with E-state index >= 15 is 0 Å². The number of ether oxygens (including phenoxy) is 4. The summed E-state index contributed by atoms with van der Waals surface area (Å²) in [6, 6.07) is 5.06. The number of methoxy groups -OCH3 is 1. The van der Waals surface area contributed by atoms with E-state index in [1.54, 1.807) is 30.2 Å². The molecule has 1 aromatic carbocycles. The van der Waals surface area contributed by atoms with Crippen molar-refractivity contribution in [3.05, 3.63) is 23.8 Å². The number of amides is 2. The fourth-order valence-corrected chi connectivity index (χ4v) is 3.95. The van der Waals surface area contributed by atoms with Crippen LogP contribution < -0.4 is 4.74 Å². The number of carbonyl (C=O) groups is 2. The van der Waals surface area contributed by atoms with Gasteiger partial charge in [-0.3, -0.25) is 4.79 Å². The molecule has 1 aliphatic heterocycles. The van der Waals surface area contributed by atoms with Crippen molar-refractivity contribution in [1.82, 2.24) is 9.80 Å². The number of hydrogen-bond acceptors (Lipinski definition) is 7. The zero-order valence-corrected chi connectivity index (χ0v) is 20.9. The van der Waals surface area contributed by atoms with E-state index in [4.69, 9.17) is 18.9 Å². The first-order chi connectivity index (χ1) is 16.1. The summed E-state index contributed by atoms with van der Waals surface area (Å²) >= 11 is 0. The number of hydrogen-bond donors (Lipinski definition) is 1. The molecule has 1 unspecified atom stereocenters. The van der Waals surface area contributed by atoms with Crippen LogP contribution in [0.1, 0.15) is 58.6 Å². The molecule has 1 aromatic rings. The number of aromatic hydroxyl groups is 1. The molecule has 190 valence electrons. The monoisotopic (exact) mass is 478 g/mol. The van der Waals surface area contributed by atoms with E-state index in [1.165, 1.54) is 0 Å². The van der Waals surface area contributed by atoms with Crippen molar-refractivity contribution in [2.24, 2.45) is 0 Å². The van der Waals surface area contributed by atoms with E-state index < -0.39 is 17.8 Å². The summed E-state index contributed by atoms with van der Waals surface area (Å²) in [6.07, 6.45) is 1.38. The van der Waals surface area contributed by atoms with Gasteiger partial charge in [0.15, 0.2) is 17.6 Å². The summed E-state index contributed by atoms with van der Waals surface area (Å²) in [7, 11) is 1.63. The van der Waals surface area contributed by atoms with Gasteiger partial charge in [-0.15, -0.1) is 0 Å². The Bertz CT molecular complexity index is 850. The molecule has 2 aliphatic rings. The van der Waals surface area contributed by atoms with Gasteiger partial charge in [-0.25, -0.2) is 4.79 Å². The Labute approximate surface area is 201 Å². The number of benzene rings is 1. The Hall–Kier alpha value is -2.52. The molecule has 9 nitrogen and oxygen atoms in total. The Kier molecular flexibility index (Phi) is 8.65. The van der Waals surface area contributed by atoms with Crippen molar-refractivity contribution in [3.8, 4) is 11.5 Å². The predicted octanol–water partition coefficient (Wildman–Crippen LogP) is 3.50. The lowest BCUT2D eigenvalue weighted by molar-refractivity contribution is -0.151. The number of phenolic OH excluding ortho intramolecular Hbond substituents is 1. The fraction of sp³-hybridized carbons (Fsp3) is 0.680. The molecule has 0 bridgehead atoms. The quantitative estimate of drug-likeness (QED) is 0.543. The van der Waals surface area contributed by atoms with Crippen LogP contribution in [0.4, 0.5) is 4.79 Å². The normalized spacial score (nSPS) is 19.4. The molecule has 0 spiro atoms. The van der Waals surface area contributed by atoms with Crippen LogP contribution in [-0.2, 0) is 19.0 Å². The van der Waals surface area contributed by atoms with E-state index in [1.807, 2.05) is 32.6 Å². The standard InChI is InChI=1S/C25H38N2O7/c1-17(18-7-10-20(28)21(15-18)32-13-6-12-31-5)27(19-8-9-19)23(29)22-16-26(11-14-33-22)24(30)34-25(2,3)4/h7,10,15,17,19,22,28H,6,8-9,11-14,16H2,1-5H3/t17?,22-/m1/s1. The maximum atomic E-state index is 13.6. The molecule has 0 radical (unpaired) electrons. The summed E-state index contributed by atoms with van der Waals surface area (Å²) in [5.41, 5.74) is 0.255. The van der Waals surface area contributed by atoms with Crippen molar-refractivity contribution in [3.63, 3.8) is 0 Å². The first-order valence-corrected chi connectivity index (χ1v) is 12.0. The van der Waals surface area contributed by atoms with Crippen LogP contribution in [0.3, 0.4) is 0 Å². The highest BCUT2D eigenvalue weighted by atomic mass is 16.6. The number of phenols is 1. The highest BCUT2D eigenvalue weighted by molar-refractivity contribution is 5.83. The number of carbonyl (C=O) groups excluding carboxylic acids is 2. The third-order valence-corrected chi connectivity index (χ3v) is 5.82. The molecule has 1 saturated carbocycles. The first-order valence-electron chi connectivity index (χ1n) is 12.0. The number of nitrogens with zero attached hydrogens (tertiary/aromatic N) is 2. The van der Waals surface area contributed by atoms with Crippen LogP contribution in [0.25, 0.3) is 0 Å². The molecule has 3 rings (SSSR count). The lowest BCUT2D eigenvalue weighted by atomic mass is 10.0. The summed E-state index contributed by atoms with van der Waals surface area (Å²) in [6.45, 7) is 9.23. The second kappa shape index (κ2) is 11.3. The van der Waals surface area contributed by atoms with Crippen LogP contribution in [-0.4, -0.2) is 84.7 Å². The Morgan fingerprint density at radius 2 is 2.00 bits per heavy atom. The van der Waals surface area contributed by atoms with E-state index in [2.05, 4.69) is 0 Å². The van der Waals surface area contributed by atoms with Gasteiger partial charge in [-0.2, -0.15) is 0 Å². The third-order valence-electron chi connectivity index (χ3n) is 5.82. The average Bonchev–Trinajstić information content (AvgIpc) is 3.62. The zero-order chi connectivity index (χ0) is 24.9. The van der Waals surface area contributed by atoms with Gasteiger partial charge >= 0.3 is 6.09 Å². The zero-order valence-electron chi connectivity index (χ0n) is 20.9. The highest BCUT2D eigenvalue weighted by Crippen LogP contribution is 2.38. The van der Waals surface area contributed by atoms with E-state index in [0.717, 1.165) is 18.4 Å². The van der Waals surface area contributed by atoms with Gasteiger partial charge in [0.1, 0.15) is 5.60 Å². The molecule has 2 amide bonds. The summed E-state index contributed by atoms with van der Waals surface area (Å²) < 4.78 is 22.0. The predicted molar refractivity (Wildman–Crippen MR) is 126 cm³/mol. The van der Waals surface area contributed by atoms with Gasteiger partial charge in [0, 0.05) is 32.7 Å². The second-order valence-electron chi connectivity index (χ2n) is 9.86. The summed E-state index contributed by atoms with van der Waals surface area (Å²) in [4.78, 5) is 29.5. The Morgan fingerprint density at radius 3 is 2.65 bits per heavy atom. The van der Waals surface area contributed by atoms with Crippen LogP contribution in [0.5, 0.6) is 11.5 Å². The van der Waals surface area contributed by atoms with Gasteiger partial charge in [0.25, 0.3) is 5.91 Å². The Morgan fingerprint density at radius 1 is 1.26 bits per heavy atom. The van der Waals surface area contributed by atoms with Crippen molar-refractivity contribution in [1.29, 1.82) is 0 Å². The van der Waals surface area contributed by atoms with Crippen molar-refractivity contribution in [2.45, 2.75) is 70.7 Å². The van der Waals surface area contributed by atoms with Gasteiger partial charge in [0.05, 0.1) is 25.8 Å². The molecule has 2 fully saturated rings. The first kappa shape index (κ1) is 26.1. The van der Waals surface area contributed by atoms with Crippen LogP contribution in [0, 0.1) is 0 Å². The largest absolute Gasteiger partial charge is 0.504 e. The molecule has 0 aromatic heterocycles. The van der Waals surface area contributed by atoms with Gasteiger partial charge in [-0.05, 0) is 58.2 Å². The van der Waals surface area contributed by atoms with Crippen molar-refractivity contribution >= 4 is 12.0 Å². The van der Waals surface area contributed by atoms with Crippen LogP contribution in [0.15, 0.2) is 18.2 Å². The average molecular weight is 479 g/mol. The summed E-state index contributed by atoms with van der Waals surface area (Å²) in [5.74, 6) is 0.300. The molecule has 2 atom stereocenters. The second-order valence-corrected chi connectivity index (χ2v) is 9.86. The molecule has 1 aliphatic carbocycles. The van der Waals surface area contributed by atoms with E-state index in [9.17, 15) is 14.7 Å². The molecule has 1 heterocycles. The lowest BCUT2D eigenvalue weighted by Crippen LogP contribution is -2.54. The maximum absolute atomic E-state index is 13.6. The molecule has 34 heavy (non-hydrogen) atoms. The van der Waals surface area contributed by atoms with E-state index in [0.29, 0.717) is 31.9 Å². The molecular weight excluding hydrogens is 440 g/mol. The van der Waals surface area contributed by atoms with Crippen molar-refractivity contribution < 1.29 is 33.6 Å². The van der Waals surface area contributed by atoms with Gasteiger partial charge in [0.2, 0.25) is 0 Å². The molecule has 1 saturated heterocycles. The molecule has 1 N–H and O–H groups in total. The molecular formula is C25H38N2O7. The highest BCUT2D eigenvalue weighted by Gasteiger charge is 2.42. The topological polar surface area (TPSA) is 97.8 Å². The third kappa shape index (κ3) is 6.99. The minimum atomic E-state index is -0.744. The van der Waals surface area contributed by atoms with Gasteiger partial charge in [-0.1, -0.05) is 6.07 Å². The number of rotatable bonds is 9. The SMILES string of the molecule is COCCCOc1cc(C(C)N(C(=O)[C@H]2CN(C(=O)OC(C)(C)C)CCO2)C2CC2)ccc1O. The maximum Gasteiger partial charge on any atom is 0.410 e. The van der Waals surface area contributed by atoms with Crippen LogP contribution in [0.2, 0.25) is 0 Å². The molecule has 9 heteroatoms. The van der Waals surface area contributed by atoms with Crippen LogP contribution >= 0.6 is 0 Å². The number of morpholine rings is 1. The van der Waals surface area contributed by atoms with Crippen molar-refractivity contribution in [2.75, 3.05) is 40.0 Å². The fourth-order valence-electron chi connectivity index (χ4n) is 3.95. The Balaban J connectivity index is 1.70. The minimum Gasteiger partial charge on any atom is -0.504 e.